The maximum absolute atomic E-state index is 13.9. The zero-order valence-electron chi connectivity index (χ0n) is 12.6. The van der Waals surface area contributed by atoms with Gasteiger partial charge in [-0.3, -0.25) is 0 Å². The minimum atomic E-state index is -4.73. The fourth-order valence-electron chi connectivity index (χ4n) is 2.80. The van der Waals surface area contributed by atoms with Crippen molar-refractivity contribution >= 4 is 28.8 Å². The van der Waals surface area contributed by atoms with Crippen molar-refractivity contribution in [3.05, 3.63) is 75.3 Å². The summed E-state index contributed by atoms with van der Waals surface area (Å²) in [5.41, 5.74) is -1.91. The zero-order chi connectivity index (χ0) is 18.2. The molecular weight excluding hydrogens is 374 g/mol. The third-order valence-electron chi connectivity index (χ3n) is 3.94. The number of hydrogen-bond donors (Lipinski definition) is 0. The molecule has 7 heteroatoms. The summed E-state index contributed by atoms with van der Waals surface area (Å²) in [6, 6.07) is 12.1. The molecule has 128 valence electrons. The summed E-state index contributed by atoms with van der Waals surface area (Å²) in [5, 5.41) is 9.34. The smallest absolute Gasteiger partial charge is 0.352 e. The number of hydrogen-bond acceptors (Lipinski definition) is 2. The molecule has 25 heavy (non-hydrogen) atoms. The van der Waals surface area contributed by atoms with Gasteiger partial charge in [0.15, 0.2) is 0 Å². The fourth-order valence-corrected chi connectivity index (χ4v) is 3.32. The minimum absolute atomic E-state index is 0.0778. The van der Waals surface area contributed by atoms with E-state index in [0.29, 0.717) is 5.56 Å². The van der Waals surface area contributed by atoms with Crippen LogP contribution in [0.15, 0.2) is 48.5 Å². The van der Waals surface area contributed by atoms with Crippen LogP contribution < -0.4 is 0 Å². The molecule has 0 spiro atoms. The van der Waals surface area contributed by atoms with Crippen molar-refractivity contribution in [2.75, 3.05) is 6.61 Å². The summed E-state index contributed by atoms with van der Waals surface area (Å²) in [4.78, 5) is 0. The highest BCUT2D eigenvalue weighted by Crippen LogP contribution is 2.49. The lowest BCUT2D eigenvalue weighted by molar-refractivity contribution is -0.254. The highest BCUT2D eigenvalue weighted by atomic mass is 35.5. The van der Waals surface area contributed by atoms with Gasteiger partial charge in [0.05, 0.1) is 18.2 Å². The molecule has 1 heterocycles. The lowest BCUT2D eigenvalue weighted by atomic mass is 9.90. The molecule has 0 N–H and O–H groups in total. The van der Waals surface area contributed by atoms with E-state index in [4.69, 9.17) is 27.9 Å². The molecule has 0 amide bonds. The highest BCUT2D eigenvalue weighted by molar-refractivity contribution is 6.34. The molecule has 0 aliphatic carbocycles. The average Bonchev–Trinajstić information content (AvgIpc) is 3.00. The van der Waals surface area contributed by atoms with Gasteiger partial charge in [-0.2, -0.15) is 18.4 Å². The van der Waals surface area contributed by atoms with Crippen LogP contribution in [0.5, 0.6) is 0 Å². The molecule has 1 aliphatic heterocycles. The molecule has 3 rings (SSSR count). The monoisotopic (exact) mass is 383 g/mol. The zero-order valence-corrected chi connectivity index (χ0v) is 14.1. The second kappa shape index (κ2) is 6.38. The summed E-state index contributed by atoms with van der Waals surface area (Å²) in [6.45, 7) is -0.289. The van der Waals surface area contributed by atoms with Gasteiger partial charge in [-0.1, -0.05) is 41.4 Å². The Morgan fingerprint density at radius 3 is 2.32 bits per heavy atom. The molecule has 1 atom stereocenters. The number of alkyl halides is 3. The summed E-state index contributed by atoms with van der Waals surface area (Å²) in [5.74, 6) is 0. The van der Waals surface area contributed by atoms with E-state index in [2.05, 4.69) is 0 Å². The third kappa shape index (κ3) is 3.13. The maximum atomic E-state index is 13.9. The van der Waals surface area contributed by atoms with Crippen molar-refractivity contribution in [3.8, 4) is 6.07 Å². The largest absolute Gasteiger partial charge is 0.425 e. The van der Waals surface area contributed by atoms with E-state index >= 15 is 0 Å². The minimum Gasteiger partial charge on any atom is -0.352 e. The van der Waals surface area contributed by atoms with Gasteiger partial charge >= 0.3 is 6.18 Å². The van der Waals surface area contributed by atoms with E-state index in [-0.39, 0.29) is 33.4 Å². The average molecular weight is 384 g/mol. The Hall–Kier alpha value is -2.00. The molecule has 0 aromatic heterocycles. The summed E-state index contributed by atoms with van der Waals surface area (Å²) >= 11 is 11.7. The van der Waals surface area contributed by atoms with Gasteiger partial charge in [-0.25, -0.2) is 0 Å². The van der Waals surface area contributed by atoms with Gasteiger partial charge in [0, 0.05) is 10.0 Å². The molecule has 0 bridgehead atoms. The first-order valence-corrected chi connectivity index (χ1v) is 7.91. The normalized spacial score (nSPS) is 20.2. The summed E-state index contributed by atoms with van der Waals surface area (Å²) in [6.07, 6.45) is -3.74. The van der Waals surface area contributed by atoms with E-state index in [0.717, 1.165) is 6.08 Å². The van der Waals surface area contributed by atoms with Crippen LogP contribution >= 0.6 is 23.2 Å². The maximum Gasteiger partial charge on any atom is 0.425 e. The number of ether oxygens (including phenoxy) is 1. The van der Waals surface area contributed by atoms with Gasteiger partial charge < -0.3 is 4.74 Å². The topological polar surface area (TPSA) is 33.0 Å². The van der Waals surface area contributed by atoms with Crippen LogP contribution in [0, 0.1) is 11.3 Å². The van der Waals surface area contributed by atoms with E-state index < -0.39 is 11.8 Å². The molecular formula is C18H10Cl2F3NO. The first kappa shape index (κ1) is 17.8. The van der Waals surface area contributed by atoms with Crippen LogP contribution in [0.25, 0.3) is 5.57 Å². The van der Waals surface area contributed by atoms with Crippen molar-refractivity contribution in [3.63, 3.8) is 0 Å². The Morgan fingerprint density at radius 2 is 1.72 bits per heavy atom. The van der Waals surface area contributed by atoms with Gasteiger partial charge in [0.1, 0.15) is 0 Å². The molecule has 0 radical (unpaired) electrons. The molecule has 2 aromatic carbocycles. The first-order valence-electron chi connectivity index (χ1n) is 7.15. The lowest BCUT2D eigenvalue weighted by Crippen LogP contribution is -2.41. The Bertz CT molecular complexity index is 882. The van der Waals surface area contributed by atoms with Crippen LogP contribution in [-0.2, 0) is 10.3 Å². The highest BCUT2D eigenvalue weighted by Gasteiger charge is 2.58. The molecule has 0 saturated carbocycles. The Balaban J connectivity index is 2.19. The van der Waals surface area contributed by atoms with Crippen LogP contribution in [0.4, 0.5) is 13.2 Å². The third-order valence-corrected chi connectivity index (χ3v) is 4.38. The van der Waals surface area contributed by atoms with Gasteiger partial charge in [-0.05, 0) is 47.0 Å². The quantitative estimate of drug-likeness (QED) is 0.662. The lowest BCUT2D eigenvalue weighted by Gasteiger charge is -2.30. The van der Waals surface area contributed by atoms with Gasteiger partial charge in [0.2, 0.25) is 5.60 Å². The van der Waals surface area contributed by atoms with Crippen LogP contribution in [0.1, 0.15) is 16.7 Å². The van der Waals surface area contributed by atoms with Gasteiger partial charge in [-0.15, -0.1) is 0 Å². The molecule has 0 saturated heterocycles. The molecule has 2 aromatic rings. The predicted molar refractivity (Wildman–Crippen MR) is 89.3 cm³/mol. The number of rotatable bonds is 2. The number of nitriles is 1. The molecule has 0 fully saturated rings. The summed E-state index contributed by atoms with van der Waals surface area (Å²) in [7, 11) is 0. The molecule has 2 nitrogen and oxygen atoms in total. The van der Waals surface area contributed by atoms with Crippen molar-refractivity contribution < 1.29 is 17.9 Å². The van der Waals surface area contributed by atoms with Crippen LogP contribution in [0.3, 0.4) is 0 Å². The second-order valence-corrected chi connectivity index (χ2v) is 6.38. The van der Waals surface area contributed by atoms with Gasteiger partial charge in [0.25, 0.3) is 0 Å². The number of halogens is 5. The summed E-state index contributed by atoms with van der Waals surface area (Å²) < 4.78 is 47.0. The van der Waals surface area contributed by atoms with Crippen LogP contribution in [-0.4, -0.2) is 12.8 Å². The van der Waals surface area contributed by atoms with E-state index in [9.17, 15) is 18.4 Å². The second-order valence-electron chi connectivity index (χ2n) is 5.51. The van der Waals surface area contributed by atoms with Crippen molar-refractivity contribution in [2.24, 2.45) is 0 Å². The number of benzene rings is 2. The van der Waals surface area contributed by atoms with Crippen LogP contribution in [0.2, 0.25) is 10.0 Å². The van der Waals surface area contributed by atoms with Crippen molar-refractivity contribution in [1.29, 1.82) is 5.26 Å². The fraction of sp³-hybridized carbons (Fsp3) is 0.167. The van der Waals surface area contributed by atoms with E-state index in [1.54, 1.807) is 24.3 Å². The standard InChI is InChI=1S/C18H10Cl2F3NO/c19-14-5-13(6-15(20)7-14)17(18(21,22)23)8-12(10-25-17)16-4-2-1-3-11(16)9-24/h1-8H,10H2. The van der Waals surface area contributed by atoms with E-state index in [1.165, 1.54) is 18.2 Å². The predicted octanol–water partition coefficient (Wildman–Crippen LogP) is 5.74. The number of nitrogens with zero attached hydrogens (tertiary/aromatic N) is 1. The Morgan fingerprint density at radius 1 is 1.08 bits per heavy atom. The Labute approximate surface area is 152 Å². The first-order chi connectivity index (χ1) is 11.8. The Kier molecular flexibility index (Phi) is 4.54. The van der Waals surface area contributed by atoms with Crippen molar-refractivity contribution in [1.82, 2.24) is 0 Å². The van der Waals surface area contributed by atoms with E-state index in [1.807, 2.05) is 6.07 Å². The molecule has 1 aliphatic rings. The SMILES string of the molecule is N#Cc1ccccc1C1=CC(c2cc(Cl)cc(Cl)c2)(C(F)(F)F)OC1. The van der Waals surface area contributed by atoms with Crippen molar-refractivity contribution in [2.45, 2.75) is 11.8 Å². The molecule has 1 unspecified atom stereocenters.